The Hall–Kier alpha value is -1.68. The van der Waals surface area contributed by atoms with E-state index in [9.17, 15) is 0 Å². The second-order valence-corrected chi connectivity index (χ2v) is 9.58. The van der Waals surface area contributed by atoms with Crippen LogP contribution in [0.25, 0.3) is 11.1 Å². The van der Waals surface area contributed by atoms with Gasteiger partial charge in [-0.05, 0) is 66.8 Å². The summed E-state index contributed by atoms with van der Waals surface area (Å²) in [5.74, 6) is 2.60. The Morgan fingerprint density at radius 2 is 1.47 bits per heavy atom. The van der Waals surface area contributed by atoms with Crippen LogP contribution in [0, 0.1) is 17.8 Å². The standard InChI is InChI=1S/C27H36N2O/c1-3-8-23(9-4-1)24-12-10-22(11-13-24)18-29-19-25-26(20-29)27(25)21-30-17-7-16-28-14-5-2-6-15-28/h1,3-4,8-13,25-27H,2,5-7,14-21H2/t25-,26+,27?. The van der Waals surface area contributed by atoms with Crippen molar-refractivity contribution in [2.45, 2.75) is 32.2 Å². The van der Waals surface area contributed by atoms with Crippen LogP contribution in [-0.4, -0.2) is 55.7 Å². The van der Waals surface area contributed by atoms with Crippen molar-refractivity contribution >= 4 is 0 Å². The van der Waals surface area contributed by atoms with Crippen LogP contribution >= 0.6 is 0 Å². The third-order valence-corrected chi connectivity index (χ3v) is 7.44. The predicted molar refractivity (Wildman–Crippen MR) is 123 cm³/mol. The molecule has 3 nitrogen and oxygen atoms in total. The summed E-state index contributed by atoms with van der Waals surface area (Å²) in [6.45, 7) is 9.38. The SMILES string of the molecule is c1ccc(-c2ccc(CN3C[C@@H]4C(COCCCN5CCCCC5)[C@@H]4C3)cc2)cc1. The molecule has 0 N–H and O–H groups in total. The fourth-order valence-corrected chi connectivity index (χ4v) is 5.60. The summed E-state index contributed by atoms with van der Waals surface area (Å²) < 4.78 is 6.05. The highest BCUT2D eigenvalue weighted by Gasteiger charge is 2.55. The molecule has 0 aromatic heterocycles. The van der Waals surface area contributed by atoms with Crippen LogP contribution < -0.4 is 0 Å². The van der Waals surface area contributed by atoms with E-state index >= 15 is 0 Å². The second-order valence-electron chi connectivity index (χ2n) is 9.58. The molecule has 1 aliphatic carbocycles. The minimum Gasteiger partial charge on any atom is -0.381 e. The highest BCUT2D eigenvalue weighted by molar-refractivity contribution is 5.63. The van der Waals surface area contributed by atoms with E-state index in [1.165, 1.54) is 75.1 Å². The molecule has 3 atom stereocenters. The zero-order valence-electron chi connectivity index (χ0n) is 18.2. The van der Waals surface area contributed by atoms with Gasteiger partial charge in [-0.3, -0.25) is 4.90 Å². The first-order valence-electron chi connectivity index (χ1n) is 12.0. The number of likely N-dealkylation sites (tertiary alicyclic amines) is 2. The van der Waals surface area contributed by atoms with Gasteiger partial charge in [-0.15, -0.1) is 0 Å². The number of ether oxygens (including phenoxy) is 1. The van der Waals surface area contributed by atoms with E-state index in [1.807, 2.05) is 0 Å². The maximum Gasteiger partial charge on any atom is 0.0500 e. The zero-order valence-corrected chi connectivity index (χ0v) is 18.2. The third-order valence-electron chi connectivity index (χ3n) is 7.44. The Balaban J connectivity index is 0.984. The summed E-state index contributed by atoms with van der Waals surface area (Å²) in [5, 5.41) is 0. The van der Waals surface area contributed by atoms with E-state index in [0.29, 0.717) is 0 Å². The Kier molecular flexibility index (Phi) is 6.50. The minimum absolute atomic E-state index is 0.830. The summed E-state index contributed by atoms with van der Waals surface area (Å²) in [6, 6.07) is 19.8. The lowest BCUT2D eigenvalue weighted by atomic mass is 10.0. The number of hydrogen-bond donors (Lipinski definition) is 0. The second kappa shape index (κ2) is 9.64. The van der Waals surface area contributed by atoms with Crippen LogP contribution in [0.4, 0.5) is 0 Å². The van der Waals surface area contributed by atoms with E-state index < -0.39 is 0 Å². The molecule has 3 aliphatic rings. The van der Waals surface area contributed by atoms with Crippen LogP contribution in [0.5, 0.6) is 0 Å². The van der Waals surface area contributed by atoms with Crippen molar-refractivity contribution < 1.29 is 4.74 Å². The van der Waals surface area contributed by atoms with Crippen LogP contribution in [0.15, 0.2) is 54.6 Å². The van der Waals surface area contributed by atoms with Gasteiger partial charge in [-0.2, -0.15) is 0 Å². The van der Waals surface area contributed by atoms with Gasteiger partial charge in [0.1, 0.15) is 0 Å². The number of rotatable bonds is 9. The average Bonchev–Trinajstić information content (AvgIpc) is 3.25. The van der Waals surface area contributed by atoms with Crippen LogP contribution in [0.1, 0.15) is 31.2 Å². The lowest BCUT2D eigenvalue weighted by molar-refractivity contribution is 0.0967. The molecule has 2 aromatic carbocycles. The third kappa shape index (κ3) is 4.96. The van der Waals surface area contributed by atoms with Gasteiger partial charge in [0.25, 0.3) is 0 Å². The summed E-state index contributed by atoms with van der Waals surface area (Å²) in [5.41, 5.74) is 4.04. The maximum atomic E-state index is 6.05. The number of piperidine rings is 2. The summed E-state index contributed by atoms with van der Waals surface area (Å²) >= 11 is 0. The minimum atomic E-state index is 0.830. The topological polar surface area (TPSA) is 15.7 Å². The first kappa shape index (κ1) is 20.2. The van der Waals surface area contributed by atoms with E-state index in [1.54, 1.807) is 0 Å². The highest BCUT2D eigenvalue weighted by atomic mass is 16.5. The molecule has 30 heavy (non-hydrogen) atoms. The van der Waals surface area contributed by atoms with Crippen molar-refractivity contribution in [1.82, 2.24) is 9.80 Å². The molecule has 3 heteroatoms. The van der Waals surface area contributed by atoms with Crippen molar-refractivity contribution in [2.24, 2.45) is 17.8 Å². The monoisotopic (exact) mass is 404 g/mol. The molecule has 2 saturated heterocycles. The van der Waals surface area contributed by atoms with Gasteiger partial charge in [0, 0.05) is 32.8 Å². The van der Waals surface area contributed by atoms with Crippen molar-refractivity contribution in [2.75, 3.05) is 45.9 Å². The fourth-order valence-electron chi connectivity index (χ4n) is 5.60. The van der Waals surface area contributed by atoms with Crippen LogP contribution in [-0.2, 0) is 11.3 Å². The van der Waals surface area contributed by atoms with Crippen molar-refractivity contribution in [3.8, 4) is 11.1 Å². The lowest BCUT2D eigenvalue weighted by Gasteiger charge is -2.26. The number of benzene rings is 2. The Morgan fingerprint density at radius 1 is 0.767 bits per heavy atom. The molecule has 0 amide bonds. The summed E-state index contributed by atoms with van der Waals surface area (Å²) in [7, 11) is 0. The van der Waals surface area contributed by atoms with Gasteiger partial charge in [0.15, 0.2) is 0 Å². The highest BCUT2D eigenvalue weighted by Crippen LogP contribution is 2.52. The molecule has 2 heterocycles. The molecule has 1 saturated carbocycles. The van der Waals surface area contributed by atoms with E-state index in [4.69, 9.17) is 4.74 Å². The number of nitrogens with zero attached hydrogens (tertiary/aromatic N) is 2. The van der Waals surface area contributed by atoms with E-state index in [0.717, 1.165) is 37.5 Å². The Labute approximate surface area is 182 Å². The van der Waals surface area contributed by atoms with Gasteiger partial charge >= 0.3 is 0 Å². The number of hydrogen-bond acceptors (Lipinski definition) is 3. The van der Waals surface area contributed by atoms with Crippen molar-refractivity contribution in [3.63, 3.8) is 0 Å². The quantitative estimate of drug-likeness (QED) is 0.552. The van der Waals surface area contributed by atoms with Gasteiger partial charge in [-0.25, -0.2) is 0 Å². The van der Waals surface area contributed by atoms with Gasteiger partial charge < -0.3 is 9.64 Å². The van der Waals surface area contributed by atoms with E-state index in [2.05, 4.69) is 64.4 Å². The van der Waals surface area contributed by atoms with Gasteiger partial charge in [-0.1, -0.05) is 61.0 Å². The maximum absolute atomic E-state index is 6.05. The molecule has 0 bridgehead atoms. The van der Waals surface area contributed by atoms with Crippen molar-refractivity contribution in [1.29, 1.82) is 0 Å². The van der Waals surface area contributed by atoms with E-state index in [-0.39, 0.29) is 0 Å². The predicted octanol–water partition coefficient (Wildman–Crippen LogP) is 4.92. The molecule has 2 aliphatic heterocycles. The van der Waals surface area contributed by atoms with Crippen LogP contribution in [0.2, 0.25) is 0 Å². The zero-order chi connectivity index (χ0) is 20.2. The molecule has 2 aromatic rings. The average molecular weight is 405 g/mol. The smallest absolute Gasteiger partial charge is 0.0500 e. The van der Waals surface area contributed by atoms with Gasteiger partial charge in [0.2, 0.25) is 0 Å². The molecule has 160 valence electrons. The van der Waals surface area contributed by atoms with Crippen LogP contribution in [0.3, 0.4) is 0 Å². The molecule has 1 unspecified atom stereocenters. The first-order chi connectivity index (χ1) is 14.9. The lowest BCUT2D eigenvalue weighted by Crippen LogP contribution is -2.31. The summed E-state index contributed by atoms with van der Waals surface area (Å²) in [4.78, 5) is 5.25. The number of fused-ring (bicyclic) bond motifs is 1. The summed E-state index contributed by atoms with van der Waals surface area (Å²) in [6.07, 6.45) is 5.40. The molecule has 3 fully saturated rings. The molecule has 0 spiro atoms. The molecular formula is C27H36N2O. The Morgan fingerprint density at radius 3 is 2.20 bits per heavy atom. The van der Waals surface area contributed by atoms with Gasteiger partial charge in [0.05, 0.1) is 6.61 Å². The first-order valence-corrected chi connectivity index (χ1v) is 12.0. The molecular weight excluding hydrogens is 368 g/mol. The molecule has 5 rings (SSSR count). The van der Waals surface area contributed by atoms with Crippen molar-refractivity contribution in [3.05, 3.63) is 60.2 Å². The molecule has 0 radical (unpaired) electrons. The largest absolute Gasteiger partial charge is 0.381 e. The normalized spacial score (nSPS) is 26.6. The fraction of sp³-hybridized carbons (Fsp3) is 0.556. The Bertz CT molecular complexity index is 772.